The van der Waals surface area contributed by atoms with E-state index in [1.165, 1.54) is 0 Å². The van der Waals surface area contributed by atoms with Crippen LogP contribution in [0.2, 0.25) is 0 Å². The molecule has 1 heterocycles. The summed E-state index contributed by atoms with van der Waals surface area (Å²) in [5, 5.41) is 5.78. The van der Waals surface area contributed by atoms with Crippen LogP contribution in [0.1, 0.15) is 34.3 Å². The average molecular weight is 309 g/mol. The highest BCUT2D eigenvalue weighted by atomic mass is 16.2. The molecule has 5 nitrogen and oxygen atoms in total. The quantitative estimate of drug-likeness (QED) is 0.858. The Kier molecular flexibility index (Phi) is 4.66. The maximum absolute atomic E-state index is 12.1. The smallest absolute Gasteiger partial charge is 0.251 e. The number of hydrogen-bond donors (Lipinski definition) is 2. The molecule has 0 unspecified atom stereocenters. The molecule has 0 spiro atoms. The number of nitrogens with one attached hydrogen (secondary N) is 2. The molecule has 1 aromatic carbocycles. The Balaban J connectivity index is 1.49. The molecule has 0 atom stereocenters. The van der Waals surface area contributed by atoms with Gasteiger partial charge in [-0.15, -0.1) is 0 Å². The molecule has 0 saturated heterocycles. The summed E-state index contributed by atoms with van der Waals surface area (Å²) in [6.07, 6.45) is 5.41. The van der Waals surface area contributed by atoms with Crippen LogP contribution in [0.3, 0.4) is 0 Å². The van der Waals surface area contributed by atoms with Gasteiger partial charge in [0.1, 0.15) is 0 Å². The van der Waals surface area contributed by atoms with Crippen LogP contribution in [0.25, 0.3) is 0 Å². The molecule has 23 heavy (non-hydrogen) atoms. The number of carbonyl (C=O) groups is 2. The van der Waals surface area contributed by atoms with Gasteiger partial charge in [0.2, 0.25) is 5.91 Å². The predicted molar refractivity (Wildman–Crippen MR) is 86.4 cm³/mol. The lowest BCUT2D eigenvalue weighted by molar-refractivity contribution is -0.122. The summed E-state index contributed by atoms with van der Waals surface area (Å²) in [5.41, 5.74) is 2.61. The Bertz CT molecular complexity index is 679. The zero-order valence-electron chi connectivity index (χ0n) is 12.8. The van der Waals surface area contributed by atoms with Crippen LogP contribution in [-0.4, -0.2) is 16.8 Å². The van der Waals surface area contributed by atoms with Crippen molar-refractivity contribution in [1.82, 2.24) is 15.6 Å². The molecule has 1 aliphatic rings. The maximum atomic E-state index is 12.1. The number of pyridine rings is 1. The lowest BCUT2D eigenvalue weighted by Crippen LogP contribution is -2.24. The second-order valence-corrected chi connectivity index (χ2v) is 5.73. The lowest BCUT2D eigenvalue weighted by Gasteiger charge is -2.07. The van der Waals surface area contributed by atoms with Gasteiger partial charge < -0.3 is 10.6 Å². The van der Waals surface area contributed by atoms with Crippen molar-refractivity contribution in [2.75, 3.05) is 0 Å². The van der Waals surface area contributed by atoms with Gasteiger partial charge in [-0.3, -0.25) is 14.6 Å². The van der Waals surface area contributed by atoms with E-state index in [0.29, 0.717) is 18.7 Å². The Morgan fingerprint density at radius 3 is 2.17 bits per heavy atom. The van der Waals surface area contributed by atoms with Crippen molar-refractivity contribution in [2.24, 2.45) is 5.92 Å². The highest BCUT2D eigenvalue weighted by molar-refractivity contribution is 5.94. The molecule has 0 aliphatic heterocycles. The zero-order chi connectivity index (χ0) is 16.1. The predicted octanol–water partition coefficient (Wildman–Crippen LogP) is 2.04. The summed E-state index contributed by atoms with van der Waals surface area (Å²) in [4.78, 5) is 27.6. The van der Waals surface area contributed by atoms with Crippen LogP contribution in [0.15, 0.2) is 48.8 Å². The third-order valence-electron chi connectivity index (χ3n) is 3.83. The van der Waals surface area contributed by atoms with Gasteiger partial charge in [0.05, 0.1) is 0 Å². The molecule has 118 valence electrons. The monoisotopic (exact) mass is 309 g/mol. The minimum absolute atomic E-state index is 0.115. The van der Waals surface area contributed by atoms with E-state index in [-0.39, 0.29) is 17.7 Å². The fourth-order valence-corrected chi connectivity index (χ4v) is 2.24. The number of carbonyl (C=O) groups excluding carboxylic acids is 2. The molecule has 1 aromatic heterocycles. The van der Waals surface area contributed by atoms with E-state index in [4.69, 9.17) is 0 Å². The van der Waals surface area contributed by atoms with Crippen LogP contribution < -0.4 is 10.6 Å². The summed E-state index contributed by atoms with van der Waals surface area (Å²) < 4.78 is 0. The second-order valence-electron chi connectivity index (χ2n) is 5.73. The highest BCUT2D eigenvalue weighted by Gasteiger charge is 2.29. The molecular weight excluding hydrogens is 290 g/mol. The van der Waals surface area contributed by atoms with Crippen LogP contribution in [0.4, 0.5) is 0 Å². The molecular formula is C18H19N3O2. The summed E-state index contributed by atoms with van der Waals surface area (Å²) in [6, 6.07) is 11.0. The fourth-order valence-electron chi connectivity index (χ4n) is 2.24. The van der Waals surface area contributed by atoms with E-state index < -0.39 is 0 Å². The van der Waals surface area contributed by atoms with E-state index >= 15 is 0 Å². The number of benzene rings is 1. The first kappa shape index (κ1) is 15.2. The number of nitrogens with zero attached hydrogens (tertiary/aromatic N) is 1. The molecule has 2 N–H and O–H groups in total. The minimum Gasteiger partial charge on any atom is -0.352 e. The third-order valence-corrected chi connectivity index (χ3v) is 3.83. The van der Waals surface area contributed by atoms with Gasteiger partial charge in [0.25, 0.3) is 5.91 Å². The van der Waals surface area contributed by atoms with Gasteiger partial charge in [-0.25, -0.2) is 0 Å². The Morgan fingerprint density at radius 2 is 1.52 bits per heavy atom. The first-order valence-corrected chi connectivity index (χ1v) is 7.76. The molecule has 3 rings (SSSR count). The van der Waals surface area contributed by atoms with Crippen LogP contribution >= 0.6 is 0 Å². The average Bonchev–Trinajstić information content (AvgIpc) is 3.44. The largest absolute Gasteiger partial charge is 0.352 e. The maximum Gasteiger partial charge on any atom is 0.251 e. The van der Waals surface area contributed by atoms with Gasteiger partial charge in [0.15, 0.2) is 0 Å². The SMILES string of the molecule is O=C(NCc1ccncc1)c1ccc(CNC(=O)C2CC2)cc1. The van der Waals surface area contributed by atoms with Crippen LogP contribution in [0.5, 0.6) is 0 Å². The van der Waals surface area contributed by atoms with Gasteiger partial charge in [-0.1, -0.05) is 12.1 Å². The number of aromatic nitrogens is 1. The molecule has 0 bridgehead atoms. The standard InChI is InChI=1S/C18H19N3O2/c22-17(21-12-14-7-9-19-10-8-14)15-3-1-13(2-4-15)11-20-18(23)16-5-6-16/h1-4,7-10,16H,5-6,11-12H2,(H,20,23)(H,21,22). The van der Waals surface area contributed by atoms with E-state index in [2.05, 4.69) is 15.6 Å². The fraction of sp³-hybridized carbons (Fsp3) is 0.278. The number of amides is 2. The van der Waals surface area contributed by atoms with Crippen LogP contribution in [0, 0.1) is 5.92 Å². The van der Waals surface area contributed by atoms with Crippen LogP contribution in [-0.2, 0) is 17.9 Å². The van der Waals surface area contributed by atoms with Crippen molar-refractivity contribution < 1.29 is 9.59 Å². The normalized spacial score (nSPS) is 13.4. The summed E-state index contributed by atoms with van der Waals surface area (Å²) in [5.74, 6) is 0.229. The number of rotatable bonds is 6. The Hall–Kier alpha value is -2.69. The highest BCUT2D eigenvalue weighted by Crippen LogP contribution is 2.28. The van der Waals surface area contributed by atoms with Gasteiger partial charge >= 0.3 is 0 Å². The van der Waals surface area contributed by atoms with E-state index in [0.717, 1.165) is 24.0 Å². The third kappa shape index (κ3) is 4.39. The topological polar surface area (TPSA) is 71.1 Å². The van der Waals surface area contributed by atoms with E-state index in [1.807, 2.05) is 24.3 Å². The van der Waals surface area contributed by atoms with Crippen molar-refractivity contribution in [2.45, 2.75) is 25.9 Å². The minimum atomic E-state index is -0.115. The number of hydrogen-bond acceptors (Lipinski definition) is 3. The molecule has 1 aliphatic carbocycles. The van der Waals surface area contributed by atoms with Gasteiger partial charge in [0, 0.05) is 37.0 Å². The Morgan fingerprint density at radius 1 is 0.913 bits per heavy atom. The van der Waals surface area contributed by atoms with Gasteiger partial charge in [-0.05, 0) is 48.2 Å². The molecule has 0 radical (unpaired) electrons. The summed E-state index contributed by atoms with van der Waals surface area (Å²) >= 11 is 0. The first-order chi connectivity index (χ1) is 11.2. The zero-order valence-corrected chi connectivity index (χ0v) is 12.8. The summed E-state index contributed by atoms with van der Waals surface area (Å²) in [7, 11) is 0. The van der Waals surface area contributed by atoms with E-state index in [9.17, 15) is 9.59 Å². The van der Waals surface area contributed by atoms with Crippen molar-refractivity contribution in [1.29, 1.82) is 0 Å². The molecule has 2 amide bonds. The lowest BCUT2D eigenvalue weighted by atomic mass is 10.1. The molecule has 5 heteroatoms. The molecule has 1 fully saturated rings. The van der Waals surface area contributed by atoms with Crippen molar-refractivity contribution >= 4 is 11.8 Å². The molecule has 2 aromatic rings. The van der Waals surface area contributed by atoms with E-state index in [1.54, 1.807) is 24.5 Å². The second kappa shape index (κ2) is 7.05. The van der Waals surface area contributed by atoms with Crippen molar-refractivity contribution in [3.8, 4) is 0 Å². The first-order valence-electron chi connectivity index (χ1n) is 7.76. The van der Waals surface area contributed by atoms with Gasteiger partial charge in [-0.2, -0.15) is 0 Å². The Labute approximate surface area is 135 Å². The summed E-state index contributed by atoms with van der Waals surface area (Å²) in [6.45, 7) is 0.981. The van der Waals surface area contributed by atoms with Crippen molar-refractivity contribution in [3.63, 3.8) is 0 Å². The van der Waals surface area contributed by atoms with Crippen molar-refractivity contribution in [3.05, 3.63) is 65.5 Å². The molecule has 1 saturated carbocycles.